The Balaban J connectivity index is 2.32. The van der Waals surface area contributed by atoms with Crippen LogP contribution in [0.1, 0.15) is 6.92 Å². The number of hydrogen-bond donors (Lipinski definition) is 1. The second kappa shape index (κ2) is 4.82. The Morgan fingerprint density at radius 2 is 2.32 bits per heavy atom. The van der Waals surface area contributed by atoms with Gasteiger partial charge in [0.05, 0.1) is 13.2 Å². The molecule has 106 valence electrons. The molecule has 6 nitrogen and oxygen atoms in total. The minimum absolute atomic E-state index is 0.00252. The van der Waals surface area contributed by atoms with Gasteiger partial charge >= 0.3 is 5.97 Å². The zero-order valence-corrected chi connectivity index (χ0v) is 11.6. The molecule has 1 unspecified atom stereocenters. The van der Waals surface area contributed by atoms with Crippen LogP contribution in [0.5, 0.6) is 0 Å². The lowest BCUT2D eigenvalue weighted by Gasteiger charge is -2.36. The standard InChI is InChI=1S/C10H12FNO5S2/c1-10(9(13)14)6-12(3-4-17-10)19(15,16)8-7(11)2-5-18-8/h2,5H,3-4,6H2,1H3,(H,13,14). The van der Waals surface area contributed by atoms with Gasteiger partial charge < -0.3 is 9.84 Å². The number of sulfonamides is 1. The van der Waals surface area contributed by atoms with Gasteiger partial charge in [0.15, 0.2) is 15.6 Å². The van der Waals surface area contributed by atoms with Crippen molar-refractivity contribution in [3.05, 3.63) is 17.3 Å². The van der Waals surface area contributed by atoms with Gasteiger partial charge in [0.25, 0.3) is 10.0 Å². The predicted octanol–water partition coefficient (Wildman–Crippen LogP) is 0.751. The maximum Gasteiger partial charge on any atom is 0.337 e. The van der Waals surface area contributed by atoms with Crippen LogP contribution < -0.4 is 0 Å². The first-order valence-corrected chi connectivity index (χ1v) is 7.70. The van der Waals surface area contributed by atoms with E-state index in [4.69, 9.17) is 9.84 Å². The quantitative estimate of drug-likeness (QED) is 0.891. The normalized spacial score (nSPS) is 25.4. The first-order valence-electron chi connectivity index (χ1n) is 5.38. The number of thiophene rings is 1. The van der Waals surface area contributed by atoms with E-state index in [1.54, 1.807) is 0 Å². The number of ether oxygens (including phenoxy) is 1. The van der Waals surface area contributed by atoms with Gasteiger partial charge in [-0.05, 0) is 18.4 Å². The Bertz CT molecular complexity index is 599. The summed E-state index contributed by atoms with van der Waals surface area (Å²) in [5.74, 6) is -2.08. The average molecular weight is 309 g/mol. The molecule has 2 rings (SSSR count). The van der Waals surface area contributed by atoms with E-state index in [2.05, 4.69) is 0 Å². The number of rotatable bonds is 3. The van der Waals surface area contributed by atoms with E-state index in [9.17, 15) is 17.6 Å². The molecule has 0 amide bonds. The van der Waals surface area contributed by atoms with Crippen LogP contribution >= 0.6 is 11.3 Å². The number of carboxylic acid groups (broad SMARTS) is 1. The van der Waals surface area contributed by atoms with Crippen molar-refractivity contribution in [2.24, 2.45) is 0 Å². The Morgan fingerprint density at radius 1 is 1.63 bits per heavy atom. The largest absolute Gasteiger partial charge is 0.479 e. The molecule has 1 saturated heterocycles. The molecule has 19 heavy (non-hydrogen) atoms. The fourth-order valence-electron chi connectivity index (χ4n) is 1.75. The molecule has 1 aliphatic rings. The average Bonchev–Trinajstić information content (AvgIpc) is 2.76. The molecule has 1 aromatic heterocycles. The van der Waals surface area contributed by atoms with Crippen LogP contribution in [0, 0.1) is 5.82 Å². The van der Waals surface area contributed by atoms with Crippen LogP contribution in [0.4, 0.5) is 4.39 Å². The van der Waals surface area contributed by atoms with Crippen LogP contribution in [0.25, 0.3) is 0 Å². The maximum atomic E-state index is 13.4. The SMILES string of the molecule is CC1(C(=O)O)CN(S(=O)(=O)c2sccc2F)CCO1. The van der Waals surface area contributed by atoms with Crippen molar-refractivity contribution < 1.29 is 27.4 Å². The number of halogens is 1. The number of nitrogens with zero attached hydrogens (tertiary/aromatic N) is 1. The highest BCUT2D eigenvalue weighted by molar-refractivity contribution is 7.91. The van der Waals surface area contributed by atoms with E-state index in [1.165, 1.54) is 12.3 Å². The highest BCUT2D eigenvalue weighted by Gasteiger charge is 2.44. The predicted molar refractivity (Wildman–Crippen MR) is 65.0 cm³/mol. The van der Waals surface area contributed by atoms with Crippen molar-refractivity contribution in [1.82, 2.24) is 4.31 Å². The number of aliphatic carboxylic acids is 1. The molecule has 1 fully saturated rings. The summed E-state index contributed by atoms with van der Waals surface area (Å²) in [6.45, 7) is 0.904. The molecular formula is C10H12FNO5S2. The van der Waals surface area contributed by atoms with Gasteiger partial charge in [0.1, 0.15) is 0 Å². The number of hydrogen-bond acceptors (Lipinski definition) is 5. The molecule has 0 bridgehead atoms. The van der Waals surface area contributed by atoms with E-state index in [0.717, 1.165) is 21.7 Å². The molecule has 9 heteroatoms. The summed E-state index contributed by atoms with van der Waals surface area (Å²) >= 11 is 0.766. The van der Waals surface area contributed by atoms with Gasteiger partial charge in [-0.2, -0.15) is 4.31 Å². The smallest absolute Gasteiger partial charge is 0.337 e. The van der Waals surface area contributed by atoms with Crippen LogP contribution in [0.3, 0.4) is 0 Å². The molecule has 0 aliphatic carbocycles. The Labute approximate surface area is 113 Å². The van der Waals surface area contributed by atoms with Gasteiger partial charge in [-0.25, -0.2) is 17.6 Å². The second-order valence-electron chi connectivity index (χ2n) is 4.28. The van der Waals surface area contributed by atoms with Crippen LogP contribution in [0.15, 0.2) is 15.7 Å². The lowest BCUT2D eigenvalue weighted by Crippen LogP contribution is -2.56. The Hall–Kier alpha value is -1.03. The van der Waals surface area contributed by atoms with Crippen molar-refractivity contribution in [3.63, 3.8) is 0 Å². The summed E-state index contributed by atoms with van der Waals surface area (Å²) in [7, 11) is -4.02. The van der Waals surface area contributed by atoms with Crippen LogP contribution in [-0.4, -0.2) is 49.1 Å². The molecule has 0 aromatic carbocycles. The van der Waals surface area contributed by atoms with E-state index in [0.29, 0.717) is 0 Å². The third kappa shape index (κ3) is 2.50. The van der Waals surface area contributed by atoms with Gasteiger partial charge in [-0.1, -0.05) is 0 Å². The highest BCUT2D eigenvalue weighted by atomic mass is 32.2. The molecule has 1 aliphatic heterocycles. The van der Waals surface area contributed by atoms with Crippen molar-refractivity contribution in [1.29, 1.82) is 0 Å². The number of morpholine rings is 1. The van der Waals surface area contributed by atoms with Gasteiger partial charge in [0, 0.05) is 6.54 Å². The van der Waals surface area contributed by atoms with E-state index in [-0.39, 0.29) is 19.7 Å². The molecule has 1 aromatic rings. The molecule has 1 N–H and O–H groups in total. The monoisotopic (exact) mass is 309 g/mol. The summed E-state index contributed by atoms with van der Waals surface area (Å²) in [6, 6.07) is 1.06. The van der Waals surface area contributed by atoms with Crippen LogP contribution in [-0.2, 0) is 19.6 Å². The fourth-order valence-corrected chi connectivity index (χ4v) is 4.49. The highest BCUT2D eigenvalue weighted by Crippen LogP contribution is 2.28. The van der Waals surface area contributed by atoms with Crippen molar-refractivity contribution in [2.75, 3.05) is 19.7 Å². The maximum absolute atomic E-state index is 13.4. The van der Waals surface area contributed by atoms with E-state index >= 15 is 0 Å². The summed E-state index contributed by atoms with van der Waals surface area (Å²) in [5.41, 5.74) is -1.61. The van der Waals surface area contributed by atoms with Crippen molar-refractivity contribution >= 4 is 27.3 Å². The van der Waals surface area contributed by atoms with Gasteiger partial charge in [-0.15, -0.1) is 11.3 Å². The van der Waals surface area contributed by atoms with E-state index < -0.39 is 31.6 Å². The summed E-state index contributed by atoms with van der Waals surface area (Å²) in [4.78, 5) is 11.1. The lowest BCUT2D eigenvalue weighted by atomic mass is 10.1. The van der Waals surface area contributed by atoms with Gasteiger partial charge in [0.2, 0.25) is 0 Å². The van der Waals surface area contributed by atoms with Crippen molar-refractivity contribution in [3.8, 4) is 0 Å². The minimum atomic E-state index is -4.02. The zero-order chi connectivity index (χ0) is 14.3. The second-order valence-corrected chi connectivity index (χ2v) is 7.33. The molecule has 1 atom stereocenters. The third-order valence-corrected chi connectivity index (χ3v) is 6.11. The zero-order valence-electron chi connectivity index (χ0n) is 10.00. The molecule has 0 spiro atoms. The molecule has 0 radical (unpaired) electrons. The van der Waals surface area contributed by atoms with Gasteiger partial charge in [-0.3, -0.25) is 0 Å². The molecule has 2 heterocycles. The van der Waals surface area contributed by atoms with Crippen molar-refractivity contribution in [2.45, 2.75) is 16.7 Å². The minimum Gasteiger partial charge on any atom is -0.479 e. The summed E-state index contributed by atoms with van der Waals surface area (Å²) in [6.07, 6.45) is 0. The fraction of sp³-hybridized carbons (Fsp3) is 0.500. The lowest BCUT2D eigenvalue weighted by molar-refractivity contribution is -0.170. The first-order chi connectivity index (χ1) is 8.77. The number of carboxylic acids is 1. The van der Waals surface area contributed by atoms with E-state index in [1.807, 2.05) is 0 Å². The summed E-state index contributed by atoms with van der Waals surface area (Å²) < 4.78 is 43.5. The Morgan fingerprint density at radius 3 is 2.84 bits per heavy atom. The summed E-state index contributed by atoms with van der Waals surface area (Å²) in [5, 5.41) is 10.4. The molecule has 0 saturated carbocycles. The molecular weight excluding hydrogens is 297 g/mol. The topological polar surface area (TPSA) is 83.9 Å². The first kappa shape index (κ1) is 14.4. The third-order valence-electron chi connectivity index (χ3n) is 2.85. The van der Waals surface area contributed by atoms with Crippen LogP contribution in [0.2, 0.25) is 0 Å². The Kier molecular flexibility index (Phi) is 3.65. The number of carbonyl (C=O) groups is 1.